The average Bonchev–Trinajstić information content (AvgIpc) is 2.10. The van der Waals surface area contributed by atoms with E-state index in [1.165, 1.54) is 0 Å². The molecule has 0 saturated heterocycles. The number of H-pyrrole nitrogens is 1. The van der Waals surface area contributed by atoms with E-state index in [4.69, 9.17) is 0 Å². The lowest BCUT2D eigenvalue weighted by Gasteiger charge is -2.02. The van der Waals surface area contributed by atoms with Crippen LogP contribution in [-0.2, 0) is 0 Å². The number of nitrogens with zero attached hydrogens (tertiary/aromatic N) is 3. The Morgan fingerprint density at radius 2 is 2.21 bits per heavy atom. The van der Waals surface area contributed by atoms with Crippen molar-refractivity contribution in [2.24, 2.45) is 4.99 Å². The molecule has 0 amide bonds. The maximum Gasteiger partial charge on any atom is 0.266 e. The van der Waals surface area contributed by atoms with Crippen LogP contribution < -0.4 is 5.56 Å². The number of halogens is 1. The topological polar surface area (TPSA) is 61.4 Å². The quantitative estimate of drug-likeness (QED) is 0.502. The number of rotatable bonds is 2. The number of aromatic nitrogens is 2. The Hall–Kier alpha value is -0.920. The van der Waals surface area contributed by atoms with E-state index in [1.807, 2.05) is 36.7 Å². The second-order valence-corrected chi connectivity index (χ2v) is 4.08. The van der Waals surface area contributed by atoms with E-state index in [0.717, 1.165) is 0 Å². The Morgan fingerprint density at radius 1 is 1.57 bits per heavy atom. The molecule has 0 unspecified atom stereocenters. The average molecular weight is 306 g/mol. The summed E-state index contributed by atoms with van der Waals surface area (Å²) in [5, 5.41) is 0. The molecule has 1 N–H and O–H groups in total. The van der Waals surface area contributed by atoms with E-state index in [1.54, 1.807) is 18.2 Å². The van der Waals surface area contributed by atoms with E-state index in [9.17, 15) is 4.79 Å². The molecule has 0 aromatic carbocycles. The lowest BCUT2D eigenvalue weighted by atomic mass is 10.4. The van der Waals surface area contributed by atoms with E-state index < -0.39 is 0 Å². The molecule has 0 aliphatic heterocycles. The van der Waals surface area contributed by atoms with Crippen molar-refractivity contribution in [2.75, 3.05) is 14.1 Å². The summed E-state index contributed by atoms with van der Waals surface area (Å²) in [4.78, 5) is 23.8. The maximum absolute atomic E-state index is 11.3. The summed E-state index contributed by atoms with van der Waals surface area (Å²) >= 11 is 1.96. The standard InChI is InChI=1S/C8H11IN4O/c1-5-6(9)7(14)12-8(11-5)10-4-13(2)3/h4H,1-3H3,(H,11,12,14)/b10-4+. The molecule has 0 spiro atoms. The lowest BCUT2D eigenvalue weighted by molar-refractivity contribution is 0.642. The molecule has 1 heterocycles. The molecular weight excluding hydrogens is 295 g/mol. The predicted octanol–water partition coefficient (Wildman–Crippen LogP) is 0.904. The molecule has 0 fully saturated rings. The second-order valence-electron chi connectivity index (χ2n) is 3.00. The SMILES string of the molecule is Cc1nc(/N=C/N(C)C)[nH]c(=O)c1I. The molecule has 0 radical (unpaired) electrons. The van der Waals surface area contributed by atoms with Gasteiger partial charge in [-0.25, -0.2) is 9.98 Å². The Morgan fingerprint density at radius 3 is 2.71 bits per heavy atom. The summed E-state index contributed by atoms with van der Waals surface area (Å²) in [6.45, 7) is 1.78. The predicted molar refractivity (Wildman–Crippen MR) is 64.2 cm³/mol. The zero-order valence-corrected chi connectivity index (χ0v) is 10.4. The molecule has 14 heavy (non-hydrogen) atoms. The van der Waals surface area contributed by atoms with Gasteiger partial charge in [0.1, 0.15) is 0 Å². The zero-order chi connectivity index (χ0) is 10.7. The molecule has 0 aliphatic rings. The molecule has 1 aromatic rings. The summed E-state index contributed by atoms with van der Waals surface area (Å²) in [6.07, 6.45) is 1.59. The largest absolute Gasteiger partial charge is 0.369 e. The lowest BCUT2D eigenvalue weighted by Crippen LogP contribution is -2.13. The van der Waals surface area contributed by atoms with Crippen molar-refractivity contribution < 1.29 is 0 Å². The van der Waals surface area contributed by atoms with Crippen LogP contribution in [0.3, 0.4) is 0 Å². The van der Waals surface area contributed by atoms with Crippen molar-refractivity contribution in [3.8, 4) is 0 Å². The van der Waals surface area contributed by atoms with Gasteiger partial charge in [0.2, 0.25) is 5.95 Å². The third kappa shape index (κ3) is 2.79. The first kappa shape index (κ1) is 11.2. The first-order valence-corrected chi connectivity index (χ1v) is 5.05. The molecule has 1 rings (SSSR count). The molecule has 0 aliphatic carbocycles. The van der Waals surface area contributed by atoms with Crippen LogP contribution in [0, 0.1) is 10.5 Å². The second kappa shape index (κ2) is 4.54. The van der Waals surface area contributed by atoms with Crippen LogP contribution in [0.1, 0.15) is 5.69 Å². The number of hydrogen-bond donors (Lipinski definition) is 1. The maximum atomic E-state index is 11.3. The third-order valence-corrected chi connectivity index (χ3v) is 2.70. The van der Waals surface area contributed by atoms with E-state index in [2.05, 4.69) is 15.0 Å². The summed E-state index contributed by atoms with van der Waals surface area (Å²) in [7, 11) is 3.70. The van der Waals surface area contributed by atoms with Gasteiger partial charge in [0, 0.05) is 14.1 Å². The smallest absolute Gasteiger partial charge is 0.266 e. The van der Waals surface area contributed by atoms with Gasteiger partial charge in [-0.05, 0) is 29.5 Å². The van der Waals surface area contributed by atoms with E-state index in [0.29, 0.717) is 15.2 Å². The normalized spacial score (nSPS) is 10.9. The van der Waals surface area contributed by atoms with Crippen LogP contribution in [0.5, 0.6) is 0 Å². The highest BCUT2D eigenvalue weighted by molar-refractivity contribution is 14.1. The number of hydrogen-bond acceptors (Lipinski definition) is 3. The molecule has 0 bridgehead atoms. The molecule has 1 aromatic heterocycles. The molecule has 76 valence electrons. The van der Waals surface area contributed by atoms with Crippen LogP contribution in [0.25, 0.3) is 0 Å². The third-order valence-electron chi connectivity index (χ3n) is 1.43. The van der Waals surface area contributed by atoms with Crippen molar-refractivity contribution in [3.63, 3.8) is 0 Å². The molecule has 5 nitrogen and oxygen atoms in total. The molecule has 0 saturated carbocycles. The first-order valence-electron chi connectivity index (χ1n) is 3.97. The number of nitrogens with one attached hydrogen (secondary N) is 1. The van der Waals surface area contributed by atoms with Crippen molar-refractivity contribution in [1.82, 2.24) is 14.9 Å². The van der Waals surface area contributed by atoms with Crippen LogP contribution in [-0.4, -0.2) is 35.3 Å². The monoisotopic (exact) mass is 306 g/mol. The van der Waals surface area contributed by atoms with Gasteiger partial charge < -0.3 is 4.90 Å². The van der Waals surface area contributed by atoms with Crippen molar-refractivity contribution in [2.45, 2.75) is 6.92 Å². The zero-order valence-electron chi connectivity index (χ0n) is 8.21. The van der Waals surface area contributed by atoms with Crippen LogP contribution in [0.2, 0.25) is 0 Å². The summed E-state index contributed by atoms with van der Waals surface area (Å²) in [5.74, 6) is 0.335. The minimum Gasteiger partial charge on any atom is -0.369 e. The van der Waals surface area contributed by atoms with Crippen molar-refractivity contribution in [1.29, 1.82) is 0 Å². The van der Waals surface area contributed by atoms with E-state index >= 15 is 0 Å². The first-order chi connectivity index (χ1) is 6.50. The Labute approximate surface area is 95.4 Å². The fraction of sp³-hybridized carbons (Fsp3) is 0.375. The van der Waals surface area contributed by atoms with Crippen LogP contribution >= 0.6 is 22.6 Å². The summed E-state index contributed by atoms with van der Waals surface area (Å²) in [5.41, 5.74) is 0.546. The van der Waals surface area contributed by atoms with Gasteiger partial charge in [0.05, 0.1) is 15.6 Å². The summed E-state index contributed by atoms with van der Waals surface area (Å²) in [6, 6.07) is 0. The Kier molecular flexibility index (Phi) is 3.62. The number of aryl methyl sites for hydroxylation is 1. The molecule has 0 atom stereocenters. The van der Waals surface area contributed by atoms with Crippen LogP contribution in [0.15, 0.2) is 9.79 Å². The fourth-order valence-corrected chi connectivity index (χ4v) is 1.04. The highest BCUT2D eigenvalue weighted by Crippen LogP contribution is 2.06. The van der Waals surface area contributed by atoms with Gasteiger partial charge in [0.25, 0.3) is 5.56 Å². The van der Waals surface area contributed by atoms with E-state index in [-0.39, 0.29) is 5.56 Å². The van der Waals surface area contributed by atoms with Crippen LogP contribution in [0.4, 0.5) is 5.95 Å². The van der Waals surface area contributed by atoms with Gasteiger partial charge in [-0.15, -0.1) is 0 Å². The highest BCUT2D eigenvalue weighted by Gasteiger charge is 2.02. The highest BCUT2D eigenvalue weighted by atomic mass is 127. The Bertz CT molecular complexity index is 410. The fourth-order valence-electron chi connectivity index (χ4n) is 0.788. The van der Waals surface area contributed by atoms with Gasteiger partial charge in [0.15, 0.2) is 0 Å². The van der Waals surface area contributed by atoms with Gasteiger partial charge in [-0.1, -0.05) is 0 Å². The van der Waals surface area contributed by atoms with Crippen molar-refractivity contribution in [3.05, 3.63) is 19.6 Å². The Balaban J connectivity index is 3.08. The van der Waals surface area contributed by atoms with Gasteiger partial charge >= 0.3 is 0 Å². The minimum atomic E-state index is -0.149. The van der Waals surface area contributed by atoms with Crippen molar-refractivity contribution >= 4 is 34.9 Å². The van der Waals surface area contributed by atoms with Gasteiger partial charge in [-0.3, -0.25) is 9.78 Å². The minimum absolute atomic E-state index is 0.149. The number of aliphatic imine (C=N–C) groups is 1. The molecule has 6 heteroatoms. The summed E-state index contributed by atoms with van der Waals surface area (Å²) < 4.78 is 0.603. The number of aromatic amines is 1. The molecular formula is C8H11IN4O. The van der Waals surface area contributed by atoms with Gasteiger partial charge in [-0.2, -0.15) is 0 Å².